The molecule has 0 unspecified atom stereocenters. The lowest BCUT2D eigenvalue weighted by atomic mass is 10.1. The molecular weight excluding hydrogens is 426 g/mol. The van der Waals surface area contributed by atoms with Gasteiger partial charge >= 0.3 is 11.5 Å². The third kappa shape index (κ3) is 4.30. The van der Waals surface area contributed by atoms with Gasteiger partial charge in [0.2, 0.25) is 0 Å². The maximum Gasteiger partial charge on any atom is 0.338 e. The first-order valence-electron chi connectivity index (χ1n) is 10.5. The van der Waals surface area contributed by atoms with Crippen molar-refractivity contribution >= 4 is 28.8 Å². The monoisotopic (exact) mass is 449 g/mol. The van der Waals surface area contributed by atoms with Gasteiger partial charge in [-0.25, -0.2) is 9.31 Å². The van der Waals surface area contributed by atoms with Crippen molar-refractivity contribution in [1.82, 2.24) is 14.3 Å². The number of unbranched alkanes of at least 4 members (excludes halogenated alkanes) is 1. The summed E-state index contributed by atoms with van der Waals surface area (Å²) in [5.41, 5.74) is 2.53. The van der Waals surface area contributed by atoms with Crippen molar-refractivity contribution in [2.45, 2.75) is 19.8 Å². The number of hydrogen-bond acceptors (Lipinski definition) is 7. The zero-order valence-electron chi connectivity index (χ0n) is 18.3. The number of benzene rings is 2. The molecular formula is C24H23N3O6. The molecule has 170 valence electrons. The molecule has 2 aromatic carbocycles. The highest BCUT2D eigenvalue weighted by Crippen LogP contribution is 2.24. The van der Waals surface area contributed by atoms with E-state index in [4.69, 9.17) is 14.3 Å². The summed E-state index contributed by atoms with van der Waals surface area (Å²) >= 11 is 0. The van der Waals surface area contributed by atoms with Gasteiger partial charge < -0.3 is 19.1 Å². The second-order valence-electron chi connectivity index (χ2n) is 7.22. The molecule has 0 fully saturated rings. The fourth-order valence-corrected chi connectivity index (χ4v) is 3.49. The first kappa shape index (κ1) is 22.1. The van der Waals surface area contributed by atoms with Crippen molar-refractivity contribution < 1.29 is 23.9 Å². The Bertz CT molecular complexity index is 1370. The molecule has 2 aromatic heterocycles. The average molecular weight is 449 g/mol. The van der Waals surface area contributed by atoms with E-state index in [1.54, 1.807) is 38.3 Å². The van der Waals surface area contributed by atoms with Gasteiger partial charge in [0.25, 0.3) is 0 Å². The van der Waals surface area contributed by atoms with Gasteiger partial charge in [0.15, 0.2) is 0 Å². The van der Waals surface area contributed by atoms with E-state index in [1.165, 1.54) is 4.52 Å². The molecule has 0 aliphatic heterocycles. The molecule has 9 nitrogen and oxygen atoms in total. The minimum absolute atomic E-state index is 0.160. The van der Waals surface area contributed by atoms with Crippen LogP contribution in [0.25, 0.3) is 27.8 Å². The molecule has 0 amide bonds. The standard InChI is InChI=1S/C24H23N3O6/c1-3-32-24(30)17-8-11-20-21(14-17)27(33-13-5-4-12-28)23(29)22-15-19(25-26(20)22)16-6-9-18(31-2)10-7-16/h6-12,14-15H,3-5,13H2,1-2H3. The first-order chi connectivity index (χ1) is 16.1. The largest absolute Gasteiger partial charge is 0.497 e. The summed E-state index contributed by atoms with van der Waals surface area (Å²) in [6.07, 6.45) is 1.57. The molecule has 2 heterocycles. The Kier molecular flexibility index (Phi) is 6.39. The van der Waals surface area contributed by atoms with E-state index in [0.29, 0.717) is 40.8 Å². The summed E-state index contributed by atoms with van der Waals surface area (Å²) in [6.45, 7) is 2.11. The van der Waals surface area contributed by atoms with Crippen LogP contribution < -0.4 is 15.1 Å². The predicted molar refractivity (Wildman–Crippen MR) is 122 cm³/mol. The van der Waals surface area contributed by atoms with Gasteiger partial charge in [-0.2, -0.15) is 5.10 Å². The SMILES string of the molecule is CCOC(=O)c1ccc2c(c1)n(OCCCC=O)c(=O)c1cc(-c3ccc(OC)cc3)nn12. The number of fused-ring (bicyclic) bond motifs is 3. The highest BCUT2D eigenvalue weighted by molar-refractivity contribution is 5.94. The van der Waals surface area contributed by atoms with Crippen LogP contribution in [0, 0.1) is 0 Å². The molecule has 33 heavy (non-hydrogen) atoms. The summed E-state index contributed by atoms with van der Waals surface area (Å²) in [5.74, 6) is 0.212. The number of aromatic nitrogens is 3. The summed E-state index contributed by atoms with van der Waals surface area (Å²) < 4.78 is 13.0. The van der Waals surface area contributed by atoms with E-state index < -0.39 is 11.5 Å². The van der Waals surface area contributed by atoms with E-state index in [1.807, 2.05) is 24.3 Å². The predicted octanol–water partition coefficient (Wildman–Crippen LogP) is 2.91. The molecule has 0 spiro atoms. The molecule has 0 aliphatic rings. The zero-order valence-corrected chi connectivity index (χ0v) is 18.3. The van der Waals surface area contributed by atoms with Crippen LogP contribution in [-0.2, 0) is 9.53 Å². The second kappa shape index (κ2) is 9.56. The quantitative estimate of drug-likeness (QED) is 0.220. The molecule has 4 aromatic rings. The summed E-state index contributed by atoms with van der Waals surface area (Å²) in [4.78, 5) is 42.0. The van der Waals surface area contributed by atoms with Crippen molar-refractivity contribution in [3.05, 3.63) is 64.4 Å². The maximum atomic E-state index is 13.3. The first-order valence-corrected chi connectivity index (χ1v) is 10.5. The van der Waals surface area contributed by atoms with E-state index in [-0.39, 0.29) is 18.8 Å². The fourth-order valence-electron chi connectivity index (χ4n) is 3.49. The van der Waals surface area contributed by atoms with Crippen LogP contribution in [0.3, 0.4) is 0 Å². The highest BCUT2D eigenvalue weighted by Gasteiger charge is 2.18. The van der Waals surface area contributed by atoms with E-state index in [2.05, 4.69) is 5.10 Å². The molecule has 0 saturated heterocycles. The normalized spacial score (nSPS) is 11.0. The van der Waals surface area contributed by atoms with Crippen molar-refractivity contribution in [2.75, 3.05) is 20.3 Å². The fraction of sp³-hybridized carbons (Fsp3) is 0.250. The number of rotatable bonds is 9. The average Bonchev–Trinajstić information content (AvgIpc) is 3.29. The number of nitrogens with zero attached hydrogens (tertiary/aromatic N) is 3. The number of esters is 1. The van der Waals surface area contributed by atoms with Gasteiger partial charge in [-0.15, -0.1) is 4.73 Å². The Balaban J connectivity index is 1.89. The van der Waals surface area contributed by atoms with Gasteiger partial charge in [-0.1, -0.05) is 0 Å². The van der Waals surface area contributed by atoms with Crippen LogP contribution in [0.2, 0.25) is 0 Å². The van der Waals surface area contributed by atoms with Gasteiger partial charge in [-0.3, -0.25) is 4.79 Å². The summed E-state index contributed by atoms with van der Waals surface area (Å²) in [7, 11) is 1.59. The number of hydrogen-bond donors (Lipinski definition) is 0. The molecule has 0 saturated carbocycles. The number of carbonyl (C=O) groups is 2. The summed E-state index contributed by atoms with van der Waals surface area (Å²) in [6, 6.07) is 13.9. The Morgan fingerprint density at radius 1 is 1.06 bits per heavy atom. The van der Waals surface area contributed by atoms with Crippen molar-refractivity contribution in [3.8, 4) is 17.0 Å². The van der Waals surface area contributed by atoms with Crippen LogP contribution >= 0.6 is 0 Å². The van der Waals surface area contributed by atoms with Crippen molar-refractivity contribution in [3.63, 3.8) is 0 Å². The Morgan fingerprint density at radius 2 is 1.85 bits per heavy atom. The second-order valence-corrected chi connectivity index (χ2v) is 7.22. The van der Waals surface area contributed by atoms with Gasteiger partial charge in [0, 0.05) is 12.0 Å². The number of carbonyl (C=O) groups excluding carboxylic acids is 2. The number of aldehydes is 1. The van der Waals surface area contributed by atoms with Crippen LogP contribution in [0.4, 0.5) is 0 Å². The van der Waals surface area contributed by atoms with Gasteiger partial charge in [-0.05, 0) is 61.9 Å². The maximum absolute atomic E-state index is 13.3. The van der Waals surface area contributed by atoms with Crippen LogP contribution in [0.5, 0.6) is 5.75 Å². The molecule has 0 radical (unpaired) electrons. The van der Waals surface area contributed by atoms with Crippen molar-refractivity contribution in [1.29, 1.82) is 0 Å². The van der Waals surface area contributed by atoms with E-state index in [0.717, 1.165) is 16.6 Å². The van der Waals surface area contributed by atoms with Gasteiger partial charge in [0.1, 0.15) is 29.7 Å². The molecule has 0 bridgehead atoms. The lowest BCUT2D eigenvalue weighted by molar-refractivity contribution is -0.108. The third-order valence-electron chi connectivity index (χ3n) is 5.12. The minimum atomic E-state index is -0.501. The Hall–Kier alpha value is -4.14. The minimum Gasteiger partial charge on any atom is -0.497 e. The number of ether oxygens (including phenoxy) is 2. The Morgan fingerprint density at radius 3 is 2.55 bits per heavy atom. The summed E-state index contributed by atoms with van der Waals surface area (Å²) in [5, 5.41) is 4.63. The highest BCUT2D eigenvalue weighted by atomic mass is 16.7. The van der Waals surface area contributed by atoms with Gasteiger partial charge in [0.05, 0.1) is 30.5 Å². The molecule has 0 N–H and O–H groups in total. The zero-order chi connectivity index (χ0) is 23.4. The molecule has 4 rings (SSSR count). The lowest BCUT2D eigenvalue weighted by Gasteiger charge is -2.13. The molecule has 9 heteroatoms. The van der Waals surface area contributed by atoms with E-state index in [9.17, 15) is 14.4 Å². The molecule has 0 aliphatic carbocycles. The van der Waals surface area contributed by atoms with E-state index >= 15 is 0 Å². The Labute approximate surface area is 189 Å². The molecule has 0 atom stereocenters. The number of methoxy groups -OCH3 is 1. The van der Waals surface area contributed by atoms with Crippen LogP contribution in [0.15, 0.2) is 53.3 Å². The lowest BCUT2D eigenvalue weighted by Crippen LogP contribution is -2.29. The topological polar surface area (TPSA) is 101 Å². The third-order valence-corrected chi connectivity index (χ3v) is 5.12. The van der Waals surface area contributed by atoms with Crippen molar-refractivity contribution in [2.24, 2.45) is 0 Å². The smallest absolute Gasteiger partial charge is 0.338 e. The van der Waals surface area contributed by atoms with Crippen LogP contribution in [0.1, 0.15) is 30.1 Å². The van der Waals surface area contributed by atoms with Crippen LogP contribution in [-0.4, -0.2) is 46.9 Å².